The van der Waals surface area contributed by atoms with Crippen molar-refractivity contribution in [2.24, 2.45) is 5.73 Å². The Morgan fingerprint density at radius 1 is 1.04 bits per heavy atom. The van der Waals surface area contributed by atoms with Crippen LogP contribution < -0.4 is 11.1 Å². The lowest BCUT2D eigenvalue weighted by molar-refractivity contribution is -0.117. The molecule has 0 saturated heterocycles. The van der Waals surface area contributed by atoms with Gasteiger partial charge in [0.1, 0.15) is 0 Å². The van der Waals surface area contributed by atoms with Gasteiger partial charge in [0.25, 0.3) is 0 Å². The van der Waals surface area contributed by atoms with E-state index < -0.39 is 0 Å². The summed E-state index contributed by atoms with van der Waals surface area (Å²) in [5, 5.41) is 3.92. The van der Waals surface area contributed by atoms with Gasteiger partial charge in [0, 0.05) is 22.2 Å². The molecule has 2 rings (SSSR count). The Morgan fingerprint density at radius 2 is 1.74 bits per heavy atom. The number of benzene rings is 2. The number of hydrogen-bond donors (Lipinski definition) is 2. The van der Waals surface area contributed by atoms with E-state index in [0.29, 0.717) is 28.6 Å². The normalized spacial score (nSPS) is 10.3. The van der Waals surface area contributed by atoms with Crippen molar-refractivity contribution in [3.05, 3.63) is 63.6 Å². The van der Waals surface area contributed by atoms with Crippen LogP contribution in [-0.2, 0) is 22.4 Å². The Bertz CT molecular complexity index is 715. The molecule has 0 fully saturated rings. The number of carbonyl (C=O) groups is 2. The van der Waals surface area contributed by atoms with Crippen LogP contribution in [0, 0.1) is 0 Å². The molecule has 2 aromatic rings. The predicted octanol–water partition coefficient (Wildman–Crippen LogP) is 3.59. The smallest absolute Gasteiger partial charge is 0.224 e. The molecule has 120 valence electrons. The SMILES string of the molecule is NC(=O)Cc1ccc(NC(=O)CCc2ccc(Cl)cc2Cl)cc1. The molecular weight excluding hydrogens is 335 g/mol. The van der Waals surface area contributed by atoms with Crippen LogP contribution in [0.5, 0.6) is 0 Å². The van der Waals surface area contributed by atoms with Crippen LogP contribution >= 0.6 is 23.2 Å². The van der Waals surface area contributed by atoms with Gasteiger partial charge < -0.3 is 11.1 Å². The molecule has 0 spiro atoms. The second kappa shape index (κ2) is 7.99. The number of amides is 2. The molecule has 23 heavy (non-hydrogen) atoms. The van der Waals surface area contributed by atoms with E-state index in [0.717, 1.165) is 11.1 Å². The lowest BCUT2D eigenvalue weighted by Crippen LogP contribution is -2.14. The second-order valence-electron chi connectivity index (χ2n) is 5.12. The minimum absolute atomic E-state index is 0.112. The number of anilines is 1. The highest BCUT2D eigenvalue weighted by molar-refractivity contribution is 6.35. The Hall–Kier alpha value is -2.04. The summed E-state index contributed by atoms with van der Waals surface area (Å²) in [4.78, 5) is 22.8. The Labute approximate surface area is 144 Å². The third kappa shape index (κ3) is 5.58. The fourth-order valence-corrected chi connectivity index (χ4v) is 2.61. The van der Waals surface area contributed by atoms with E-state index in [2.05, 4.69) is 5.32 Å². The monoisotopic (exact) mass is 350 g/mol. The van der Waals surface area contributed by atoms with Crippen LogP contribution in [0.2, 0.25) is 10.0 Å². The summed E-state index contributed by atoms with van der Waals surface area (Å²) in [6.45, 7) is 0. The van der Waals surface area contributed by atoms with Crippen LogP contribution in [0.3, 0.4) is 0 Å². The molecule has 0 radical (unpaired) electrons. The molecule has 0 bridgehead atoms. The van der Waals surface area contributed by atoms with Crippen molar-refractivity contribution in [3.63, 3.8) is 0 Å². The Kier molecular flexibility index (Phi) is 6.02. The molecule has 0 aliphatic heterocycles. The molecule has 0 aliphatic carbocycles. The number of nitrogens with one attached hydrogen (secondary N) is 1. The van der Waals surface area contributed by atoms with Crippen LogP contribution in [0.25, 0.3) is 0 Å². The van der Waals surface area contributed by atoms with Crippen molar-refractivity contribution in [1.82, 2.24) is 0 Å². The average molecular weight is 351 g/mol. The van der Waals surface area contributed by atoms with Gasteiger partial charge in [-0.25, -0.2) is 0 Å². The predicted molar refractivity (Wildman–Crippen MR) is 92.8 cm³/mol. The number of carbonyl (C=O) groups excluding carboxylic acids is 2. The summed E-state index contributed by atoms with van der Waals surface area (Å²) in [5.74, 6) is -0.500. The number of hydrogen-bond acceptors (Lipinski definition) is 2. The lowest BCUT2D eigenvalue weighted by Gasteiger charge is -2.07. The molecular formula is C17H16Cl2N2O2. The van der Waals surface area contributed by atoms with Gasteiger partial charge in [-0.3, -0.25) is 9.59 Å². The maximum absolute atomic E-state index is 12.0. The van der Waals surface area contributed by atoms with Crippen molar-refractivity contribution in [1.29, 1.82) is 0 Å². The number of halogens is 2. The van der Waals surface area contributed by atoms with Crippen LogP contribution in [0.15, 0.2) is 42.5 Å². The number of rotatable bonds is 6. The first-order chi connectivity index (χ1) is 10.9. The molecule has 0 saturated carbocycles. The molecule has 3 N–H and O–H groups in total. The summed E-state index contributed by atoms with van der Waals surface area (Å²) in [5.41, 5.74) is 7.49. The standard InChI is InChI=1S/C17H16Cl2N2O2/c18-13-5-3-12(15(19)10-13)4-8-17(23)21-14-6-1-11(2-7-14)9-16(20)22/h1-3,5-7,10H,4,8-9H2,(H2,20,22)(H,21,23). The molecule has 0 heterocycles. The molecule has 0 aliphatic rings. The summed E-state index contributed by atoms with van der Waals surface area (Å²) in [6, 6.07) is 12.2. The number of aryl methyl sites for hydroxylation is 1. The van der Waals surface area contributed by atoms with Crippen molar-refractivity contribution in [2.75, 3.05) is 5.32 Å². The topological polar surface area (TPSA) is 72.2 Å². The van der Waals surface area contributed by atoms with Crippen molar-refractivity contribution < 1.29 is 9.59 Å². The average Bonchev–Trinajstić information content (AvgIpc) is 2.48. The minimum atomic E-state index is -0.387. The van der Waals surface area contributed by atoms with Crippen LogP contribution in [-0.4, -0.2) is 11.8 Å². The molecule has 2 amide bonds. The van der Waals surface area contributed by atoms with Gasteiger partial charge in [-0.05, 0) is 41.8 Å². The molecule has 4 nitrogen and oxygen atoms in total. The third-order valence-electron chi connectivity index (χ3n) is 3.25. The zero-order chi connectivity index (χ0) is 16.8. The highest BCUT2D eigenvalue weighted by Gasteiger charge is 2.07. The molecule has 0 aromatic heterocycles. The molecule has 0 unspecified atom stereocenters. The van der Waals surface area contributed by atoms with Gasteiger partial charge in [0.05, 0.1) is 6.42 Å². The van der Waals surface area contributed by atoms with E-state index >= 15 is 0 Å². The summed E-state index contributed by atoms with van der Waals surface area (Å²) in [7, 11) is 0. The lowest BCUT2D eigenvalue weighted by atomic mass is 10.1. The largest absolute Gasteiger partial charge is 0.369 e. The molecule has 2 aromatic carbocycles. The zero-order valence-electron chi connectivity index (χ0n) is 12.3. The quantitative estimate of drug-likeness (QED) is 0.835. The van der Waals surface area contributed by atoms with E-state index in [1.54, 1.807) is 36.4 Å². The third-order valence-corrected chi connectivity index (χ3v) is 3.84. The van der Waals surface area contributed by atoms with Gasteiger partial charge in [0.15, 0.2) is 0 Å². The molecule has 0 atom stereocenters. The first-order valence-corrected chi connectivity index (χ1v) is 7.80. The van der Waals surface area contributed by atoms with E-state index in [1.165, 1.54) is 0 Å². The van der Waals surface area contributed by atoms with Crippen LogP contribution in [0.4, 0.5) is 5.69 Å². The maximum Gasteiger partial charge on any atom is 0.224 e. The Balaban J connectivity index is 1.88. The summed E-state index contributed by atoms with van der Waals surface area (Å²) < 4.78 is 0. The highest BCUT2D eigenvalue weighted by atomic mass is 35.5. The first kappa shape index (κ1) is 17.3. The van der Waals surface area contributed by atoms with Crippen molar-refractivity contribution in [2.45, 2.75) is 19.3 Å². The van der Waals surface area contributed by atoms with Crippen LogP contribution in [0.1, 0.15) is 17.5 Å². The Morgan fingerprint density at radius 3 is 2.35 bits per heavy atom. The van der Waals surface area contributed by atoms with Gasteiger partial charge in [-0.15, -0.1) is 0 Å². The van der Waals surface area contributed by atoms with E-state index in [-0.39, 0.29) is 18.2 Å². The number of nitrogens with two attached hydrogens (primary N) is 1. The van der Waals surface area contributed by atoms with Gasteiger partial charge >= 0.3 is 0 Å². The van der Waals surface area contributed by atoms with Gasteiger partial charge in [0.2, 0.25) is 11.8 Å². The second-order valence-corrected chi connectivity index (χ2v) is 5.97. The fourth-order valence-electron chi connectivity index (χ4n) is 2.10. The van der Waals surface area contributed by atoms with E-state index in [1.807, 2.05) is 6.07 Å². The van der Waals surface area contributed by atoms with Gasteiger partial charge in [-0.1, -0.05) is 41.4 Å². The highest BCUT2D eigenvalue weighted by Crippen LogP contribution is 2.22. The summed E-state index contributed by atoms with van der Waals surface area (Å²) in [6.07, 6.45) is 1.02. The number of primary amides is 1. The van der Waals surface area contributed by atoms with Crippen molar-refractivity contribution >= 4 is 40.7 Å². The summed E-state index contributed by atoms with van der Waals surface area (Å²) >= 11 is 11.9. The molecule has 6 heteroatoms. The minimum Gasteiger partial charge on any atom is -0.369 e. The van der Waals surface area contributed by atoms with E-state index in [9.17, 15) is 9.59 Å². The maximum atomic E-state index is 12.0. The zero-order valence-corrected chi connectivity index (χ0v) is 13.8. The fraction of sp³-hybridized carbons (Fsp3) is 0.176. The van der Waals surface area contributed by atoms with Crippen molar-refractivity contribution in [3.8, 4) is 0 Å². The first-order valence-electron chi connectivity index (χ1n) is 7.05. The van der Waals surface area contributed by atoms with Gasteiger partial charge in [-0.2, -0.15) is 0 Å². The van der Waals surface area contributed by atoms with E-state index in [4.69, 9.17) is 28.9 Å².